The van der Waals surface area contributed by atoms with Crippen LogP contribution in [0, 0.1) is 0 Å². The lowest BCUT2D eigenvalue weighted by molar-refractivity contribution is -0.145. The van der Waals surface area contributed by atoms with Crippen molar-refractivity contribution in [2.24, 2.45) is 0 Å². The zero-order chi connectivity index (χ0) is 20.1. The van der Waals surface area contributed by atoms with Gasteiger partial charge in [-0.15, -0.1) is 12.4 Å². The number of hydrogen-bond acceptors (Lipinski definition) is 8. The Balaban J connectivity index is 0.00000676. The highest BCUT2D eigenvalue weighted by atomic mass is 35.5. The lowest BCUT2D eigenvalue weighted by Crippen LogP contribution is -2.66. The Labute approximate surface area is 166 Å². The zero-order valence-corrected chi connectivity index (χ0v) is 17.6. The zero-order valence-electron chi connectivity index (χ0n) is 16.8. The molecule has 0 saturated heterocycles. The van der Waals surface area contributed by atoms with Gasteiger partial charge in [0.05, 0.1) is 0 Å². The number of ether oxygens (including phenoxy) is 3. The van der Waals surface area contributed by atoms with Crippen molar-refractivity contribution < 1.29 is 28.6 Å². The molecule has 9 heteroatoms. The molecule has 0 bridgehead atoms. The minimum atomic E-state index is -1.20. The average Bonchev–Trinajstić information content (AvgIpc) is 2.44. The molecule has 0 fully saturated rings. The Bertz CT molecular complexity index is 638. The van der Waals surface area contributed by atoms with Crippen molar-refractivity contribution in [3.8, 4) is 0 Å². The molecule has 1 aliphatic rings. The molecule has 1 heterocycles. The van der Waals surface area contributed by atoms with Gasteiger partial charge in [0.25, 0.3) is 0 Å². The third-order valence-corrected chi connectivity index (χ3v) is 3.35. The van der Waals surface area contributed by atoms with E-state index in [9.17, 15) is 14.4 Å². The molecule has 8 nitrogen and oxygen atoms in total. The predicted molar refractivity (Wildman–Crippen MR) is 102 cm³/mol. The summed E-state index contributed by atoms with van der Waals surface area (Å²) in [6.45, 7) is 11.2. The summed E-state index contributed by atoms with van der Waals surface area (Å²) in [6.07, 6.45) is 2.62. The Morgan fingerprint density at radius 3 is 2.19 bits per heavy atom. The molecular formula is C18H29ClN2O6. The molecule has 2 unspecified atom stereocenters. The van der Waals surface area contributed by atoms with Crippen molar-refractivity contribution in [3.05, 3.63) is 23.6 Å². The van der Waals surface area contributed by atoms with E-state index in [-0.39, 0.29) is 24.8 Å². The number of carbonyl (C=O) groups excluding carboxylic acids is 3. The van der Waals surface area contributed by atoms with Gasteiger partial charge >= 0.3 is 17.9 Å². The van der Waals surface area contributed by atoms with Gasteiger partial charge in [-0.1, -0.05) is 0 Å². The quantitative estimate of drug-likeness (QED) is 0.511. The summed E-state index contributed by atoms with van der Waals surface area (Å²) in [6, 6.07) is 0. The normalized spacial score (nSPS) is 20.1. The number of nitrogens with one attached hydrogen (secondary N) is 2. The fraction of sp³-hybridized carbons (Fsp3) is 0.611. The Morgan fingerprint density at radius 1 is 1.15 bits per heavy atom. The first-order valence-electron chi connectivity index (χ1n) is 8.33. The molecule has 154 valence electrons. The maximum Gasteiger partial charge on any atom is 0.307 e. The topological polar surface area (TPSA) is 103 Å². The van der Waals surface area contributed by atoms with Crippen molar-refractivity contribution in [1.82, 2.24) is 10.6 Å². The van der Waals surface area contributed by atoms with Gasteiger partial charge < -0.3 is 19.5 Å². The second-order valence-corrected chi connectivity index (χ2v) is 7.17. The van der Waals surface area contributed by atoms with Crippen molar-refractivity contribution in [2.75, 3.05) is 6.61 Å². The maximum absolute atomic E-state index is 11.7. The van der Waals surface area contributed by atoms with Crippen LogP contribution in [0.2, 0.25) is 0 Å². The van der Waals surface area contributed by atoms with E-state index in [4.69, 9.17) is 14.2 Å². The average molecular weight is 405 g/mol. The first kappa shape index (κ1) is 24.9. The van der Waals surface area contributed by atoms with Crippen LogP contribution in [0.5, 0.6) is 0 Å². The highest BCUT2D eigenvalue weighted by molar-refractivity contribution is 5.85. The molecular weight excluding hydrogens is 376 g/mol. The number of dihydropyridines is 1. The molecule has 0 aromatic carbocycles. The number of hydrogen-bond donors (Lipinski definition) is 2. The van der Waals surface area contributed by atoms with Gasteiger partial charge in [0.1, 0.15) is 12.7 Å². The molecule has 0 radical (unpaired) electrons. The standard InChI is InChI=1S/C18H28N2O6.ClH/c1-11(25-13(3)22)15-8-9-19-18(10-24-12(2)21,20-17(5,6)7)16(15)26-14(4)23;/h8-9,11,19-20H,10H2,1-7H3;1H. The summed E-state index contributed by atoms with van der Waals surface area (Å²) >= 11 is 0. The fourth-order valence-corrected chi connectivity index (χ4v) is 2.67. The Kier molecular flexibility index (Phi) is 9.01. The molecule has 1 aliphatic heterocycles. The van der Waals surface area contributed by atoms with Crippen molar-refractivity contribution in [3.63, 3.8) is 0 Å². The molecule has 27 heavy (non-hydrogen) atoms. The molecule has 0 spiro atoms. The summed E-state index contributed by atoms with van der Waals surface area (Å²) in [5.74, 6) is -1.30. The molecule has 2 N–H and O–H groups in total. The van der Waals surface area contributed by atoms with E-state index in [1.807, 2.05) is 20.8 Å². The van der Waals surface area contributed by atoms with E-state index in [0.29, 0.717) is 5.57 Å². The predicted octanol–water partition coefficient (Wildman–Crippen LogP) is 1.94. The SMILES string of the molecule is CC(=O)OCC1(NC(C)(C)C)NC=CC(C(C)OC(C)=O)=C1OC(C)=O.Cl. The van der Waals surface area contributed by atoms with Gasteiger partial charge in [0.2, 0.25) is 0 Å². The lowest BCUT2D eigenvalue weighted by Gasteiger charge is -2.43. The number of esters is 3. The van der Waals surface area contributed by atoms with E-state index in [1.165, 1.54) is 20.8 Å². The van der Waals surface area contributed by atoms with Crippen LogP contribution in [-0.2, 0) is 28.6 Å². The first-order valence-corrected chi connectivity index (χ1v) is 8.33. The van der Waals surface area contributed by atoms with Crippen LogP contribution >= 0.6 is 12.4 Å². The van der Waals surface area contributed by atoms with Crippen molar-refractivity contribution in [2.45, 2.75) is 65.8 Å². The second-order valence-electron chi connectivity index (χ2n) is 7.17. The van der Waals surface area contributed by atoms with Crippen LogP contribution in [0.1, 0.15) is 48.5 Å². The van der Waals surface area contributed by atoms with Gasteiger partial charge in [-0.3, -0.25) is 19.7 Å². The van der Waals surface area contributed by atoms with E-state index < -0.39 is 35.2 Å². The van der Waals surface area contributed by atoms with Gasteiger partial charge in [-0.05, 0) is 40.0 Å². The number of halogens is 1. The Morgan fingerprint density at radius 2 is 1.74 bits per heavy atom. The van der Waals surface area contributed by atoms with Crippen molar-refractivity contribution >= 4 is 30.3 Å². The molecule has 2 atom stereocenters. The van der Waals surface area contributed by atoms with Gasteiger partial charge in [-0.2, -0.15) is 0 Å². The summed E-state index contributed by atoms with van der Waals surface area (Å²) < 4.78 is 16.0. The van der Waals surface area contributed by atoms with Crippen LogP contribution in [0.3, 0.4) is 0 Å². The minimum absolute atomic E-state index is 0. The monoisotopic (exact) mass is 404 g/mol. The van der Waals surface area contributed by atoms with Gasteiger partial charge in [0.15, 0.2) is 11.4 Å². The Hall–Kier alpha value is -2.06. The maximum atomic E-state index is 11.7. The first-order chi connectivity index (χ1) is 11.9. The minimum Gasteiger partial charge on any atom is -0.461 e. The highest BCUT2D eigenvalue weighted by Crippen LogP contribution is 2.30. The number of carbonyl (C=O) groups is 3. The lowest BCUT2D eigenvalue weighted by atomic mass is 9.94. The molecule has 0 aliphatic carbocycles. The molecule has 1 rings (SSSR count). The van der Waals surface area contributed by atoms with Crippen LogP contribution < -0.4 is 10.6 Å². The smallest absolute Gasteiger partial charge is 0.307 e. The second kappa shape index (κ2) is 9.75. The molecule has 0 saturated carbocycles. The van der Waals surface area contributed by atoms with E-state index >= 15 is 0 Å². The summed E-state index contributed by atoms with van der Waals surface area (Å²) in [4.78, 5) is 34.5. The van der Waals surface area contributed by atoms with E-state index in [0.717, 1.165) is 0 Å². The van der Waals surface area contributed by atoms with Crippen LogP contribution in [0.15, 0.2) is 23.6 Å². The van der Waals surface area contributed by atoms with Crippen molar-refractivity contribution in [1.29, 1.82) is 0 Å². The third-order valence-electron chi connectivity index (χ3n) is 3.35. The summed E-state index contributed by atoms with van der Waals surface area (Å²) in [7, 11) is 0. The highest BCUT2D eigenvalue weighted by Gasteiger charge is 2.44. The van der Waals surface area contributed by atoms with Crippen LogP contribution in [-0.4, -0.2) is 41.8 Å². The molecule has 0 amide bonds. The van der Waals surface area contributed by atoms with Gasteiger partial charge in [-0.25, -0.2) is 0 Å². The van der Waals surface area contributed by atoms with Crippen LogP contribution in [0.25, 0.3) is 0 Å². The number of rotatable bonds is 6. The molecule has 0 aromatic rings. The third kappa shape index (κ3) is 7.60. The molecule has 0 aromatic heterocycles. The fourth-order valence-electron chi connectivity index (χ4n) is 2.67. The van der Waals surface area contributed by atoms with E-state index in [2.05, 4.69) is 10.6 Å². The van der Waals surface area contributed by atoms with Gasteiger partial charge in [0, 0.05) is 31.9 Å². The summed E-state index contributed by atoms with van der Waals surface area (Å²) in [5, 5.41) is 6.40. The summed E-state index contributed by atoms with van der Waals surface area (Å²) in [5.41, 5.74) is -1.15. The van der Waals surface area contributed by atoms with Crippen LogP contribution in [0.4, 0.5) is 0 Å². The van der Waals surface area contributed by atoms with E-state index in [1.54, 1.807) is 19.2 Å². The largest absolute Gasteiger partial charge is 0.461 e.